The number of hydrogen-bond acceptors (Lipinski definition) is 5. The molecule has 1 N–H and O–H groups in total. The van der Waals surface area contributed by atoms with Crippen LogP contribution in [0.15, 0.2) is 90.6 Å². The Labute approximate surface area is 172 Å². The molecule has 0 atom stereocenters. The van der Waals surface area contributed by atoms with Gasteiger partial charge in [-0.2, -0.15) is 0 Å². The number of aryl methyl sites for hydroxylation is 2. The van der Waals surface area contributed by atoms with Crippen molar-refractivity contribution in [3.63, 3.8) is 0 Å². The molecular formula is C21H18N2O4S2. The van der Waals surface area contributed by atoms with Crippen molar-refractivity contribution < 1.29 is 12.8 Å². The van der Waals surface area contributed by atoms with E-state index in [9.17, 15) is 13.2 Å². The Morgan fingerprint density at radius 1 is 1.00 bits per heavy atom. The molecule has 29 heavy (non-hydrogen) atoms. The minimum Gasteiger partial charge on any atom is -0.408 e. The van der Waals surface area contributed by atoms with Gasteiger partial charge in [-0.05, 0) is 42.8 Å². The number of sulfonamides is 1. The van der Waals surface area contributed by atoms with Crippen molar-refractivity contribution >= 4 is 38.6 Å². The van der Waals surface area contributed by atoms with Crippen LogP contribution in [-0.2, 0) is 17.1 Å². The highest BCUT2D eigenvalue weighted by molar-refractivity contribution is 7.99. The van der Waals surface area contributed by atoms with E-state index in [4.69, 9.17) is 4.42 Å². The van der Waals surface area contributed by atoms with Gasteiger partial charge in [0, 0.05) is 22.9 Å². The summed E-state index contributed by atoms with van der Waals surface area (Å²) in [5, 5.41) is 0. The van der Waals surface area contributed by atoms with E-state index in [1.54, 1.807) is 32.2 Å². The van der Waals surface area contributed by atoms with Gasteiger partial charge in [0.1, 0.15) is 0 Å². The first kappa shape index (κ1) is 19.4. The predicted molar refractivity (Wildman–Crippen MR) is 114 cm³/mol. The zero-order valence-electron chi connectivity index (χ0n) is 15.7. The Bertz CT molecular complexity index is 1360. The Hall–Kier alpha value is -2.97. The largest absolute Gasteiger partial charge is 0.419 e. The van der Waals surface area contributed by atoms with E-state index < -0.39 is 15.8 Å². The van der Waals surface area contributed by atoms with Crippen molar-refractivity contribution in [3.05, 3.63) is 82.8 Å². The number of para-hydroxylation sites is 1. The lowest BCUT2D eigenvalue weighted by atomic mass is 10.2. The molecule has 0 spiro atoms. The monoisotopic (exact) mass is 426 g/mol. The lowest BCUT2D eigenvalue weighted by Crippen LogP contribution is -2.15. The van der Waals surface area contributed by atoms with Gasteiger partial charge in [0.05, 0.1) is 16.1 Å². The normalized spacial score (nSPS) is 11.7. The van der Waals surface area contributed by atoms with Crippen molar-refractivity contribution in [2.24, 2.45) is 7.05 Å². The first-order valence-electron chi connectivity index (χ1n) is 8.80. The van der Waals surface area contributed by atoms with Gasteiger partial charge >= 0.3 is 5.76 Å². The highest BCUT2D eigenvalue weighted by atomic mass is 32.2. The highest BCUT2D eigenvalue weighted by Crippen LogP contribution is 2.34. The van der Waals surface area contributed by atoms with Crippen LogP contribution in [0.5, 0.6) is 0 Å². The van der Waals surface area contributed by atoms with Crippen LogP contribution < -0.4 is 10.5 Å². The SMILES string of the molecule is Cc1cc2c(cc1S(=O)(=O)Nc1ccccc1Sc1ccccc1)oc(=O)n2C. The number of benzene rings is 3. The number of oxazole rings is 1. The third kappa shape index (κ3) is 3.81. The summed E-state index contributed by atoms with van der Waals surface area (Å²) in [7, 11) is -2.31. The van der Waals surface area contributed by atoms with Crippen LogP contribution in [0.4, 0.5) is 5.69 Å². The maximum Gasteiger partial charge on any atom is 0.419 e. The van der Waals surface area contributed by atoms with Crippen LogP contribution in [0.25, 0.3) is 11.1 Å². The second-order valence-corrected chi connectivity index (χ2v) is 9.30. The molecule has 4 aromatic rings. The molecule has 0 fully saturated rings. The van der Waals surface area contributed by atoms with Gasteiger partial charge in [0.2, 0.25) is 0 Å². The first-order chi connectivity index (χ1) is 13.8. The van der Waals surface area contributed by atoms with Gasteiger partial charge < -0.3 is 4.42 Å². The molecule has 4 rings (SSSR count). The molecule has 0 amide bonds. The van der Waals surface area contributed by atoms with Gasteiger partial charge in [0.25, 0.3) is 10.0 Å². The van der Waals surface area contributed by atoms with Crippen LogP contribution in [0, 0.1) is 6.92 Å². The molecule has 0 aliphatic carbocycles. The fourth-order valence-electron chi connectivity index (χ4n) is 3.00. The average molecular weight is 427 g/mol. The molecule has 1 heterocycles. The molecule has 0 aliphatic heterocycles. The summed E-state index contributed by atoms with van der Waals surface area (Å²) < 4.78 is 35.4. The maximum atomic E-state index is 13.1. The molecule has 0 unspecified atom stereocenters. The minimum atomic E-state index is -3.89. The lowest BCUT2D eigenvalue weighted by Gasteiger charge is -2.14. The van der Waals surface area contributed by atoms with Gasteiger partial charge in [-0.1, -0.05) is 42.1 Å². The highest BCUT2D eigenvalue weighted by Gasteiger charge is 2.21. The summed E-state index contributed by atoms with van der Waals surface area (Å²) in [6.45, 7) is 1.69. The van der Waals surface area contributed by atoms with E-state index in [0.29, 0.717) is 16.8 Å². The van der Waals surface area contributed by atoms with Crippen molar-refractivity contribution in [1.82, 2.24) is 4.57 Å². The number of fused-ring (bicyclic) bond motifs is 1. The summed E-state index contributed by atoms with van der Waals surface area (Å²) in [6, 6.07) is 20.0. The van der Waals surface area contributed by atoms with E-state index >= 15 is 0 Å². The molecule has 0 radical (unpaired) electrons. The Morgan fingerprint density at radius 2 is 1.69 bits per heavy atom. The number of nitrogens with one attached hydrogen (secondary N) is 1. The molecule has 0 saturated heterocycles. The van der Waals surface area contributed by atoms with Gasteiger partial charge in [-0.3, -0.25) is 9.29 Å². The number of aromatic nitrogens is 1. The van der Waals surface area contributed by atoms with Crippen molar-refractivity contribution in [1.29, 1.82) is 0 Å². The van der Waals surface area contributed by atoms with E-state index in [0.717, 1.165) is 9.79 Å². The summed E-state index contributed by atoms with van der Waals surface area (Å²) in [5.74, 6) is -0.536. The second kappa shape index (κ2) is 7.46. The average Bonchev–Trinajstić information content (AvgIpc) is 2.97. The van der Waals surface area contributed by atoms with E-state index in [1.165, 1.54) is 22.4 Å². The zero-order chi connectivity index (χ0) is 20.6. The van der Waals surface area contributed by atoms with E-state index in [-0.39, 0.29) is 10.5 Å². The summed E-state index contributed by atoms with van der Waals surface area (Å²) in [5.41, 5.74) is 1.78. The molecule has 0 aliphatic rings. The maximum absolute atomic E-state index is 13.1. The van der Waals surface area contributed by atoms with E-state index in [1.807, 2.05) is 42.5 Å². The number of nitrogens with zero attached hydrogens (tertiary/aromatic N) is 1. The summed E-state index contributed by atoms with van der Waals surface area (Å²) in [4.78, 5) is 13.6. The lowest BCUT2D eigenvalue weighted by molar-refractivity contribution is 0.527. The Morgan fingerprint density at radius 3 is 2.45 bits per heavy atom. The fraction of sp³-hybridized carbons (Fsp3) is 0.0952. The van der Waals surface area contributed by atoms with Crippen LogP contribution in [-0.4, -0.2) is 13.0 Å². The fourth-order valence-corrected chi connectivity index (χ4v) is 5.31. The summed E-state index contributed by atoms with van der Waals surface area (Å²) in [6.07, 6.45) is 0. The third-order valence-corrected chi connectivity index (χ3v) is 7.07. The van der Waals surface area contributed by atoms with E-state index in [2.05, 4.69) is 4.72 Å². The van der Waals surface area contributed by atoms with Crippen LogP contribution in [0.3, 0.4) is 0 Å². The minimum absolute atomic E-state index is 0.0684. The predicted octanol–water partition coefficient (Wildman–Crippen LogP) is 4.39. The van der Waals surface area contributed by atoms with Crippen LogP contribution in [0.1, 0.15) is 5.56 Å². The smallest absolute Gasteiger partial charge is 0.408 e. The van der Waals surface area contributed by atoms with Crippen molar-refractivity contribution in [2.45, 2.75) is 21.6 Å². The number of rotatable bonds is 5. The Kier molecular flexibility index (Phi) is 4.97. The molecule has 3 aromatic carbocycles. The first-order valence-corrected chi connectivity index (χ1v) is 11.1. The van der Waals surface area contributed by atoms with Crippen LogP contribution in [0.2, 0.25) is 0 Å². The van der Waals surface area contributed by atoms with Gasteiger partial charge in [-0.15, -0.1) is 0 Å². The molecule has 0 bridgehead atoms. The quantitative estimate of drug-likeness (QED) is 0.512. The summed E-state index contributed by atoms with van der Waals surface area (Å²) >= 11 is 1.47. The molecule has 0 saturated carbocycles. The topological polar surface area (TPSA) is 81.3 Å². The molecule has 1 aromatic heterocycles. The second-order valence-electron chi connectivity index (χ2n) is 6.53. The van der Waals surface area contributed by atoms with Gasteiger partial charge in [0.15, 0.2) is 5.58 Å². The standard InChI is InChI=1S/C21H18N2O4S2/c1-14-12-17-18(27-21(24)23(17)2)13-20(14)29(25,26)22-16-10-6-7-11-19(16)28-15-8-4-3-5-9-15/h3-13,22H,1-2H3. The molecule has 8 heteroatoms. The molecular weight excluding hydrogens is 408 g/mol. The van der Waals surface area contributed by atoms with Gasteiger partial charge in [-0.25, -0.2) is 13.2 Å². The Balaban J connectivity index is 1.72. The zero-order valence-corrected chi connectivity index (χ0v) is 17.4. The van der Waals surface area contributed by atoms with Crippen molar-refractivity contribution in [2.75, 3.05) is 4.72 Å². The van der Waals surface area contributed by atoms with Crippen LogP contribution >= 0.6 is 11.8 Å². The molecule has 148 valence electrons. The van der Waals surface area contributed by atoms with Crippen molar-refractivity contribution in [3.8, 4) is 0 Å². The number of anilines is 1. The third-order valence-electron chi connectivity index (χ3n) is 4.48. The molecule has 6 nitrogen and oxygen atoms in total. The number of hydrogen-bond donors (Lipinski definition) is 1.